The minimum atomic E-state index is -0.751. The zero-order valence-electron chi connectivity index (χ0n) is 13.2. The second-order valence-electron chi connectivity index (χ2n) is 5.17. The zero-order chi connectivity index (χ0) is 17.0. The molecule has 0 atom stereocenters. The molecular weight excluding hydrogens is 294 g/mol. The van der Waals surface area contributed by atoms with Crippen molar-refractivity contribution in [3.05, 3.63) is 64.7 Å². The predicted octanol–water partition coefficient (Wildman–Crippen LogP) is 2.91. The standard InChI is InChI=1S/C18H17NO4/c1-11-4-7-13(8-5-11)16(20)17(21)19-15-10-14(18(22)23-3)9-6-12(15)2/h4-10H,1-3H3,(H,19,21). The predicted molar refractivity (Wildman–Crippen MR) is 86.7 cm³/mol. The minimum absolute atomic E-state index is 0.302. The molecule has 0 fully saturated rings. The molecule has 23 heavy (non-hydrogen) atoms. The molecule has 0 heterocycles. The lowest BCUT2D eigenvalue weighted by Crippen LogP contribution is -2.23. The van der Waals surface area contributed by atoms with Crippen LogP contribution in [0.1, 0.15) is 31.8 Å². The van der Waals surface area contributed by atoms with E-state index in [0.717, 1.165) is 11.1 Å². The molecule has 0 aromatic heterocycles. The number of rotatable bonds is 4. The first-order valence-electron chi connectivity index (χ1n) is 7.03. The van der Waals surface area contributed by atoms with Crippen molar-refractivity contribution in [1.82, 2.24) is 0 Å². The van der Waals surface area contributed by atoms with Gasteiger partial charge in [-0.05, 0) is 31.5 Å². The molecule has 1 N–H and O–H groups in total. The monoisotopic (exact) mass is 311 g/mol. The molecule has 2 rings (SSSR count). The SMILES string of the molecule is COC(=O)c1ccc(C)c(NC(=O)C(=O)c2ccc(C)cc2)c1. The van der Waals surface area contributed by atoms with Crippen LogP contribution in [0.3, 0.4) is 0 Å². The normalized spacial score (nSPS) is 10.0. The Morgan fingerprint density at radius 3 is 2.13 bits per heavy atom. The van der Waals surface area contributed by atoms with Gasteiger partial charge in [-0.25, -0.2) is 4.79 Å². The number of benzene rings is 2. The molecule has 0 aliphatic carbocycles. The van der Waals surface area contributed by atoms with Crippen LogP contribution in [-0.4, -0.2) is 24.8 Å². The Hall–Kier alpha value is -2.95. The van der Waals surface area contributed by atoms with E-state index in [0.29, 0.717) is 16.8 Å². The highest BCUT2D eigenvalue weighted by molar-refractivity contribution is 6.46. The fourth-order valence-electron chi connectivity index (χ4n) is 2.02. The number of methoxy groups -OCH3 is 1. The number of carbonyl (C=O) groups is 3. The molecule has 5 heteroatoms. The third-order valence-electron chi connectivity index (χ3n) is 3.43. The summed E-state index contributed by atoms with van der Waals surface area (Å²) in [7, 11) is 1.28. The topological polar surface area (TPSA) is 72.5 Å². The van der Waals surface area contributed by atoms with Gasteiger partial charge in [-0.15, -0.1) is 0 Å². The van der Waals surface area contributed by atoms with E-state index >= 15 is 0 Å². The van der Waals surface area contributed by atoms with Crippen LogP contribution in [0.4, 0.5) is 5.69 Å². The first-order valence-corrected chi connectivity index (χ1v) is 7.03. The number of anilines is 1. The van der Waals surface area contributed by atoms with Crippen LogP contribution in [0.25, 0.3) is 0 Å². The highest BCUT2D eigenvalue weighted by atomic mass is 16.5. The van der Waals surface area contributed by atoms with E-state index in [-0.39, 0.29) is 0 Å². The minimum Gasteiger partial charge on any atom is -0.465 e. The van der Waals surface area contributed by atoms with Crippen LogP contribution in [0, 0.1) is 13.8 Å². The van der Waals surface area contributed by atoms with Gasteiger partial charge in [0.05, 0.1) is 12.7 Å². The van der Waals surface area contributed by atoms with Crippen LogP contribution >= 0.6 is 0 Å². The number of amides is 1. The van der Waals surface area contributed by atoms with Crippen LogP contribution in [0.15, 0.2) is 42.5 Å². The molecule has 0 saturated carbocycles. The van der Waals surface area contributed by atoms with Gasteiger partial charge in [0.1, 0.15) is 0 Å². The van der Waals surface area contributed by atoms with Crippen molar-refractivity contribution < 1.29 is 19.1 Å². The molecule has 0 spiro atoms. The average Bonchev–Trinajstić information content (AvgIpc) is 2.56. The second-order valence-corrected chi connectivity index (χ2v) is 5.17. The molecular formula is C18H17NO4. The van der Waals surface area contributed by atoms with E-state index in [9.17, 15) is 14.4 Å². The lowest BCUT2D eigenvalue weighted by Gasteiger charge is -2.09. The van der Waals surface area contributed by atoms with Crippen molar-refractivity contribution in [2.45, 2.75) is 13.8 Å². The number of aryl methyl sites for hydroxylation is 2. The summed E-state index contributed by atoms with van der Waals surface area (Å²) < 4.78 is 4.65. The first kappa shape index (κ1) is 16.4. The number of ketones is 1. The summed E-state index contributed by atoms with van der Waals surface area (Å²) in [5, 5.41) is 2.55. The maximum Gasteiger partial charge on any atom is 0.337 e. The third-order valence-corrected chi connectivity index (χ3v) is 3.43. The maximum atomic E-state index is 12.1. The number of carbonyl (C=O) groups excluding carboxylic acids is 3. The Balaban J connectivity index is 2.21. The number of Topliss-reactive ketones (excluding diaryl/α,β-unsaturated/α-hetero) is 1. The van der Waals surface area contributed by atoms with Crippen molar-refractivity contribution in [3.8, 4) is 0 Å². The molecule has 0 bridgehead atoms. The molecule has 0 aliphatic heterocycles. The Bertz CT molecular complexity index is 763. The first-order chi connectivity index (χ1) is 10.9. The third kappa shape index (κ3) is 3.83. The number of nitrogens with one attached hydrogen (secondary N) is 1. The summed E-state index contributed by atoms with van der Waals surface area (Å²) in [5.74, 6) is -1.89. The van der Waals surface area contributed by atoms with Crippen LogP contribution < -0.4 is 5.32 Å². The van der Waals surface area contributed by atoms with Crippen molar-refractivity contribution in [1.29, 1.82) is 0 Å². The van der Waals surface area contributed by atoms with Gasteiger partial charge in [-0.3, -0.25) is 9.59 Å². The van der Waals surface area contributed by atoms with Gasteiger partial charge < -0.3 is 10.1 Å². The quantitative estimate of drug-likeness (QED) is 0.535. The Labute approximate surface area is 134 Å². The van der Waals surface area contributed by atoms with E-state index in [2.05, 4.69) is 10.1 Å². The van der Waals surface area contributed by atoms with E-state index in [1.807, 2.05) is 6.92 Å². The van der Waals surface area contributed by atoms with Gasteiger partial charge >= 0.3 is 5.97 Å². The molecule has 118 valence electrons. The summed E-state index contributed by atoms with van der Waals surface area (Å²) in [5.41, 5.74) is 2.76. The molecule has 2 aromatic carbocycles. The van der Waals surface area contributed by atoms with Crippen molar-refractivity contribution >= 4 is 23.3 Å². The summed E-state index contributed by atoms with van der Waals surface area (Å²) in [6.07, 6.45) is 0. The summed E-state index contributed by atoms with van der Waals surface area (Å²) >= 11 is 0. The summed E-state index contributed by atoms with van der Waals surface area (Å²) in [6, 6.07) is 11.5. The molecule has 0 aliphatic rings. The molecule has 0 unspecified atom stereocenters. The van der Waals surface area contributed by atoms with Gasteiger partial charge in [-0.1, -0.05) is 35.9 Å². The van der Waals surface area contributed by atoms with E-state index in [1.54, 1.807) is 43.3 Å². The number of esters is 1. The molecule has 2 aromatic rings. The summed E-state index contributed by atoms with van der Waals surface area (Å²) in [6.45, 7) is 3.67. The van der Waals surface area contributed by atoms with Crippen molar-refractivity contribution in [2.24, 2.45) is 0 Å². The zero-order valence-corrected chi connectivity index (χ0v) is 13.2. The molecule has 5 nitrogen and oxygen atoms in total. The Morgan fingerprint density at radius 2 is 1.52 bits per heavy atom. The molecule has 0 radical (unpaired) electrons. The van der Waals surface area contributed by atoms with Crippen LogP contribution in [0.5, 0.6) is 0 Å². The molecule has 0 saturated heterocycles. The highest BCUT2D eigenvalue weighted by Crippen LogP contribution is 2.18. The van der Waals surface area contributed by atoms with Gasteiger partial charge in [0.15, 0.2) is 0 Å². The van der Waals surface area contributed by atoms with Gasteiger partial charge in [0.2, 0.25) is 0 Å². The van der Waals surface area contributed by atoms with E-state index in [4.69, 9.17) is 0 Å². The van der Waals surface area contributed by atoms with Gasteiger partial charge in [-0.2, -0.15) is 0 Å². The smallest absolute Gasteiger partial charge is 0.337 e. The van der Waals surface area contributed by atoms with Crippen LogP contribution in [-0.2, 0) is 9.53 Å². The number of hydrogen-bond donors (Lipinski definition) is 1. The lowest BCUT2D eigenvalue weighted by molar-refractivity contribution is -0.112. The summed E-state index contributed by atoms with van der Waals surface area (Å²) in [4.78, 5) is 35.8. The second kappa shape index (κ2) is 6.87. The Morgan fingerprint density at radius 1 is 0.913 bits per heavy atom. The number of ether oxygens (including phenoxy) is 1. The van der Waals surface area contributed by atoms with Crippen LogP contribution in [0.2, 0.25) is 0 Å². The Kier molecular flexibility index (Phi) is 4.91. The van der Waals surface area contributed by atoms with Crippen molar-refractivity contribution in [3.63, 3.8) is 0 Å². The highest BCUT2D eigenvalue weighted by Gasteiger charge is 2.18. The average molecular weight is 311 g/mol. The fourth-order valence-corrected chi connectivity index (χ4v) is 2.02. The van der Waals surface area contributed by atoms with Crippen molar-refractivity contribution in [2.75, 3.05) is 12.4 Å². The van der Waals surface area contributed by atoms with Gasteiger partial charge in [0.25, 0.3) is 11.7 Å². The lowest BCUT2D eigenvalue weighted by atomic mass is 10.1. The van der Waals surface area contributed by atoms with E-state index in [1.165, 1.54) is 13.2 Å². The van der Waals surface area contributed by atoms with Gasteiger partial charge in [0, 0.05) is 11.3 Å². The fraction of sp³-hybridized carbons (Fsp3) is 0.167. The largest absolute Gasteiger partial charge is 0.465 e. The van der Waals surface area contributed by atoms with E-state index < -0.39 is 17.7 Å². The molecule has 1 amide bonds. The maximum absolute atomic E-state index is 12.1. The number of hydrogen-bond acceptors (Lipinski definition) is 4.